The highest BCUT2D eigenvalue weighted by Gasteiger charge is 2.32. The van der Waals surface area contributed by atoms with Crippen molar-refractivity contribution in [2.75, 3.05) is 6.54 Å². The number of rotatable bonds is 3. The van der Waals surface area contributed by atoms with E-state index in [9.17, 15) is 4.79 Å². The highest BCUT2D eigenvalue weighted by atomic mass is 32.2. The summed E-state index contributed by atoms with van der Waals surface area (Å²) in [5.74, 6) is 0.0766. The Hall–Kier alpha value is -1.47. The fraction of sp³-hybridized carbons (Fsp3) is 0.429. The number of benzene rings is 1. The summed E-state index contributed by atoms with van der Waals surface area (Å²) in [5, 5.41) is 8.73. The van der Waals surface area contributed by atoms with Crippen LogP contribution in [0.3, 0.4) is 0 Å². The normalized spacial score (nSPS) is 17.3. The number of carbonyl (C=O) groups excluding carboxylic acids is 1. The van der Waals surface area contributed by atoms with E-state index in [0.29, 0.717) is 0 Å². The SMILES string of the molecule is CC(C)N(CC#N)C(=O)C1Cc2ccccc2S1. The fourth-order valence-corrected chi connectivity index (χ4v) is 3.36. The summed E-state index contributed by atoms with van der Waals surface area (Å²) in [4.78, 5) is 15.2. The highest BCUT2D eigenvalue weighted by Crippen LogP contribution is 2.37. The van der Waals surface area contributed by atoms with Crippen molar-refractivity contribution in [1.29, 1.82) is 5.26 Å². The van der Waals surface area contributed by atoms with Crippen LogP contribution in [0.4, 0.5) is 0 Å². The molecule has 0 aliphatic carbocycles. The number of hydrogen-bond donors (Lipinski definition) is 0. The minimum Gasteiger partial charge on any atom is -0.326 e. The van der Waals surface area contributed by atoms with E-state index in [1.165, 1.54) is 10.5 Å². The third kappa shape index (κ3) is 2.51. The predicted molar refractivity (Wildman–Crippen MR) is 72.3 cm³/mol. The average Bonchev–Trinajstić information content (AvgIpc) is 2.78. The van der Waals surface area contributed by atoms with Gasteiger partial charge in [0.2, 0.25) is 5.91 Å². The van der Waals surface area contributed by atoms with Crippen LogP contribution in [0.5, 0.6) is 0 Å². The summed E-state index contributed by atoms with van der Waals surface area (Å²) in [5.41, 5.74) is 1.24. The van der Waals surface area contributed by atoms with Crippen molar-refractivity contribution in [3.8, 4) is 6.07 Å². The molecule has 3 nitrogen and oxygen atoms in total. The number of thioether (sulfide) groups is 1. The van der Waals surface area contributed by atoms with Gasteiger partial charge in [-0.2, -0.15) is 5.26 Å². The van der Waals surface area contributed by atoms with E-state index < -0.39 is 0 Å². The number of nitrogens with zero attached hydrogens (tertiary/aromatic N) is 2. The minimum atomic E-state index is -0.0712. The lowest BCUT2D eigenvalue weighted by atomic mass is 10.1. The van der Waals surface area contributed by atoms with Crippen LogP contribution in [-0.2, 0) is 11.2 Å². The Labute approximate surface area is 112 Å². The van der Waals surface area contributed by atoms with Gasteiger partial charge in [-0.05, 0) is 31.9 Å². The molecule has 1 aromatic carbocycles. The second-order valence-corrected chi connectivity index (χ2v) is 5.88. The van der Waals surface area contributed by atoms with Gasteiger partial charge in [-0.3, -0.25) is 4.79 Å². The van der Waals surface area contributed by atoms with Crippen LogP contribution in [-0.4, -0.2) is 28.6 Å². The van der Waals surface area contributed by atoms with Crippen molar-refractivity contribution in [1.82, 2.24) is 4.90 Å². The van der Waals surface area contributed by atoms with Crippen molar-refractivity contribution in [2.45, 2.75) is 36.5 Å². The molecule has 2 rings (SSSR count). The van der Waals surface area contributed by atoms with Gasteiger partial charge in [-0.15, -0.1) is 11.8 Å². The van der Waals surface area contributed by atoms with Crippen molar-refractivity contribution >= 4 is 17.7 Å². The number of carbonyl (C=O) groups is 1. The Bertz CT molecular complexity index is 468. The van der Waals surface area contributed by atoms with E-state index >= 15 is 0 Å². The molecule has 1 aromatic rings. The molecule has 1 aliphatic rings. The average molecular weight is 260 g/mol. The molecule has 94 valence electrons. The van der Waals surface area contributed by atoms with Gasteiger partial charge < -0.3 is 4.90 Å². The summed E-state index contributed by atoms with van der Waals surface area (Å²) < 4.78 is 0. The van der Waals surface area contributed by atoms with Gasteiger partial charge >= 0.3 is 0 Å². The molecular formula is C14H16N2OS. The highest BCUT2D eigenvalue weighted by molar-refractivity contribution is 8.01. The summed E-state index contributed by atoms with van der Waals surface area (Å²) >= 11 is 1.62. The van der Waals surface area contributed by atoms with Crippen LogP contribution < -0.4 is 0 Å². The van der Waals surface area contributed by atoms with Crippen LogP contribution >= 0.6 is 11.8 Å². The smallest absolute Gasteiger partial charge is 0.237 e. The molecule has 1 aliphatic heterocycles. The summed E-state index contributed by atoms with van der Waals surface area (Å²) in [6.07, 6.45) is 0.772. The molecule has 0 spiro atoms. The minimum absolute atomic E-state index is 0.0708. The quantitative estimate of drug-likeness (QED) is 0.784. The molecule has 0 bridgehead atoms. The first-order chi connectivity index (χ1) is 8.63. The maximum atomic E-state index is 12.4. The van der Waals surface area contributed by atoms with Crippen molar-refractivity contribution in [3.63, 3.8) is 0 Å². The van der Waals surface area contributed by atoms with Gasteiger partial charge in [-0.1, -0.05) is 18.2 Å². The zero-order chi connectivity index (χ0) is 13.1. The second kappa shape index (κ2) is 5.45. The Morgan fingerprint density at radius 1 is 1.56 bits per heavy atom. The number of fused-ring (bicyclic) bond motifs is 1. The molecule has 18 heavy (non-hydrogen) atoms. The Kier molecular flexibility index (Phi) is 3.93. The molecule has 1 amide bonds. The second-order valence-electron chi connectivity index (χ2n) is 4.64. The first-order valence-corrected chi connectivity index (χ1v) is 6.93. The molecule has 0 saturated heterocycles. The molecule has 0 radical (unpaired) electrons. The molecule has 0 fully saturated rings. The van der Waals surface area contributed by atoms with E-state index in [4.69, 9.17) is 5.26 Å². The number of hydrogen-bond acceptors (Lipinski definition) is 3. The number of amides is 1. The van der Waals surface area contributed by atoms with Gasteiger partial charge in [0.25, 0.3) is 0 Å². The van der Waals surface area contributed by atoms with E-state index in [0.717, 1.165) is 6.42 Å². The van der Waals surface area contributed by atoms with E-state index in [1.807, 2.05) is 26.0 Å². The summed E-state index contributed by atoms with van der Waals surface area (Å²) in [6.45, 7) is 4.06. The Balaban J connectivity index is 2.11. The van der Waals surface area contributed by atoms with Crippen LogP contribution in [0, 0.1) is 11.3 Å². The Morgan fingerprint density at radius 3 is 2.89 bits per heavy atom. The third-order valence-electron chi connectivity index (χ3n) is 3.07. The topological polar surface area (TPSA) is 44.1 Å². The molecule has 1 heterocycles. The largest absolute Gasteiger partial charge is 0.326 e. The van der Waals surface area contributed by atoms with E-state index in [2.05, 4.69) is 18.2 Å². The maximum absolute atomic E-state index is 12.4. The summed E-state index contributed by atoms with van der Waals surface area (Å²) in [7, 11) is 0. The van der Waals surface area contributed by atoms with Crippen LogP contribution in [0.1, 0.15) is 19.4 Å². The number of nitriles is 1. The van der Waals surface area contributed by atoms with Gasteiger partial charge in [0, 0.05) is 10.9 Å². The standard InChI is InChI=1S/C14H16N2OS/c1-10(2)16(8-7-15)14(17)13-9-11-5-3-4-6-12(11)18-13/h3-6,10,13H,8-9H2,1-2H3. The van der Waals surface area contributed by atoms with Crippen LogP contribution in [0.2, 0.25) is 0 Å². The van der Waals surface area contributed by atoms with Crippen molar-refractivity contribution in [2.24, 2.45) is 0 Å². The van der Waals surface area contributed by atoms with Gasteiger partial charge in [0.1, 0.15) is 6.54 Å². The van der Waals surface area contributed by atoms with Gasteiger partial charge in [-0.25, -0.2) is 0 Å². The van der Waals surface area contributed by atoms with E-state index in [-0.39, 0.29) is 23.7 Å². The first kappa shape index (κ1) is 13.0. The lowest BCUT2D eigenvalue weighted by Gasteiger charge is -2.26. The molecule has 0 N–H and O–H groups in total. The van der Waals surface area contributed by atoms with E-state index in [1.54, 1.807) is 16.7 Å². The zero-order valence-corrected chi connectivity index (χ0v) is 11.4. The predicted octanol–water partition coefficient (Wildman–Crippen LogP) is 2.46. The van der Waals surface area contributed by atoms with Gasteiger partial charge in [0.15, 0.2) is 0 Å². The monoisotopic (exact) mass is 260 g/mol. The zero-order valence-electron chi connectivity index (χ0n) is 10.6. The molecule has 4 heteroatoms. The van der Waals surface area contributed by atoms with Gasteiger partial charge in [0.05, 0.1) is 11.3 Å². The van der Waals surface area contributed by atoms with Crippen LogP contribution in [0.25, 0.3) is 0 Å². The first-order valence-electron chi connectivity index (χ1n) is 6.05. The molecular weight excluding hydrogens is 244 g/mol. The molecule has 1 unspecified atom stereocenters. The van der Waals surface area contributed by atoms with Crippen LogP contribution in [0.15, 0.2) is 29.2 Å². The lowest BCUT2D eigenvalue weighted by molar-refractivity contribution is -0.131. The maximum Gasteiger partial charge on any atom is 0.237 e. The summed E-state index contributed by atoms with van der Waals surface area (Å²) in [6, 6.07) is 10.3. The van der Waals surface area contributed by atoms with Crippen molar-refractivity contribution < 1.29 is 4.79 Å². The molecule has 0 saturated carbocycles. The Morgan fingerprint density at radius 2 is 2.28 bits per heavy atom. The van der Waals surface area contributed by atoms with Crippen molar-refractivity contribution in [3.05, 3.63) is 29.8 Å². The molecule has 1 atom stereocenters. The molecule has 0 aromatic heterocycles. The fourth-order valence-electron chi connectivity index (χ4n) is 2.10. The third-order valence-corrected chi connectivity index (χ3v) is 4.38. The lowest BCUT2D eigenvalue weighted by Crippen LogP contribution is -2.42.